The third-order valence-corrected chi connectivity index (χ3v) is 7.27. The predicted molar refractivity (Wildman–Crippen MR) is 130 cm³/mol. The lowest BCUT2D eigenvalue weighted by Crippen LogP contribution is -2.30. The number of para-hydroxylation sites is 1. The number of carbonyl (C=O) groups is 2. The van der Waals surface area contributed by atoms with Crippen molar-refractivity contribution in [2.24, 2.45) is 0 Å². The molecule has 3 aromatic rings. The van der Waals surface area contributed by atoms with Crippen molar-refractivity contribution >= 4 is 28.2 Å². The number of fused-ring (bicyclic) bond motifs is 1. The van der Waals surface area contributed by atoms with Gasteiger partial charge in [-0.1, -0.05) is 30.3 Å². The van der Waals surface area contributed by atoms with Gasteiger partial charge in [0.2, 0.25) is 0 Å². The molecule has 0 saturated heterocycles. The van der Waals surface area contributed by atoms with Gasteiger partial charge in [-0.05, 0) is 30.0 Å². The number of rotatable bonds is 4. The van der Waals surface area contributed by atoms with Crippen molar-refractivity contribution < 1.29 is 19.2 Å². The van der Waals surface area contributed by atoms with Crippen LogP contribution in [0.15, 0.2) is 77.4 Å². The summed E-state index contributed by atoms with van der Waals surface area (Å²) in [6.45, 7) is 0.515. The number of carbonyl (C=O) groups excluding carboxylic acids is 2. The summed E-state index contributed by atoms with van der Waals surface area (Å²) < 4.78 is 8.29. The molecule has 6 rings (SSSR count). The molecule has 1 aliphatic heterocycles. The lowest BCUT2D eigenvalue weighted by Gasteiger charge is -2.35. The minimum absolute atomic E-state index is 0.0552. The van der Waals surface area contributed by atoms with Gasteiger partial charge in [-0.25, -0.2) is 0 Å². The molecule has 0 saturated carbocycles. The second-order valence-electron chi connectivity index (χ2n) is 9.42. The minimum atomic E-state index is -0.419. The first-order chi connectivity index (χ1) is 17.0. The van der Waals surface area contributed by atoms with Crippen molar-refractivity contribution in [2.75, 3.05) is 0 Å². The van der Waals surface area contributed by atoms with E-state index in [1.807, 2.05) is 30.5 Å². The molecular formula is C28H24N2O5. The molecule has 0 bridgehead atoms. The highest BCUT2D eigenvalue weighted by molar-refractivity contribution is 6.07. The van der Waals surface area contributed by atoms with Gasteiger partial charge < -0.3 is 9.30 Å². The summed E-state index contributed by atoms with van der Waals surface area (Å²) in [7, 11) is 0. The fourth-order valence-electron chi connectivity index (χ4n) is 5.68. The molecule has 0 spiro atoms. The van der Waals surface area contributed by atoms with Gasteiger partial charge in [0.1, 0.15) is 11.5 Å². The maximum atomic E-state index is 13.2. The summed E-state index contributed by atoms with van der Waals surface area (Å²) in [5, 5.41) is 12.0. The number of Topliss-reactive ketones (excluding diaryl/α,β-unsaturated/α-hetero) is 2. The zero-order chi connectivity index (χ0) is 24.1. The topological polar surface area (TPSA) is 91.4 Å². The van der Waals surface area contributed by atoms with Gasteiger partial charge in [-0.15, -0.1) is 0 Å². The molecule has 0 amide bonds. The maximum Gasteiger partial charge on any atom is 0.269 e. The molecule has 0 fully saturated rings. The average Bonchev–Trinajstić information content (AvgIpc) is 3.21. The lowest BCUT2D eigenvalue weighted by molar-refractivity contribution is -0.384. The predicted octanol–water partition coefficient (Wildman–Crippen LogP) is 5.73. The van der Waals surface area contributed by atoms with Crippen molar-refractivity contribution in [2.45, 2.75) is 51.0 Å². The first-order valence-electron chi connectivity index (χ1n) is 12.0. The number of hydrogen-bond donors (Lipinski definition) is 0. The second kappa shape index (κ2) is 8.34. The van der Waals surface area contributed by atoms with Crippen molar-refractivity contribution in [3.05, 3.63) is 98.6 Å². The number of non-ortho nitro benzene ring substituents is 1. The van der Waals surface area contributed by atoms with Crippen LogP contribution in [-0.2, 0) is 20.9 Å². The molecule has 0 unspecified atom stereocenters. The van der Waals surface area contributed by atoms with Gasteiger partial charge in [0.25, 0.3) is 5.69 Å². The summed E-state index contributed by atoms with van der Waals surface area (Å²) in [4.78, 5) is 37.0. The third-order valence-electron chi connectivity index (χ3n) is 7.27. The highest BCUT2D eigenvalue weighted by Gasteiger charge is 2.42. The molecule has 3 aliphatic rings. The Labute approximate surface area is 201 Å². The molecule has 1 aromatic heterocycles. The standard InChI is InChI=1S/C28H24N2O5/c31-22-7-3-9-24-27(22)26(28-23(32)8-4-10-25(28)35-24)20-16-29(21-6-2-1-5-19(20)21)15-17-11-13-18(14-12-17)30(33)34/h1-2,5-6,11-14,16,26H,3-4,7-10,15H2. The van der Waals surface area contributed by atoms with Crippen LogP contribution in [0.1, 0.15) is 55.6 Å². The van der Waals surface area contributed by atoms with E-state index in [0.29, 0.717) is 43.4 Å². The van der Waals surface area contributed by atoms with Gasteiger partial charge in [-0.2, -0.15) is 0 Å². The third kappa shape index (κ3) is 3.58. The van der Waals surface area contributed by atoms with Gasteiger partial charge in [0.05, 0.1) is 4.92 Å². The molecule has 0 radical (unpaired) electrons. The Kier molecular flexibility index (Phi) is 5.13. The molecule has 35 heavy (non-hydrogen) atoms. The normalized spacial score (nSPS) is 18.5. The number of allylic oxidation sites excluding steroid dienone is 4. The fraction of sp³-hybridized carbons (Fsp3) is 0.286. The second-order valence-corrected chi connectivity index (χ2v) is 9.42. The molecule has 0 atom stereocenters. The quantitative estimate of drug-likeness (QED) is 0.360. The number of ketones is 2. The largest absolute Gasteiger partial charge is 0.465 e. The molecule has 7 nitrogen and oxygen atoms in total. The number of nitro benzene ring substituents is 1. The van der Waals surface area contributed by atoms with Crippen LogP contribution in [0.5, 0.6) is 0 Å². The van der Waals surface area contributed by atoms with Gasteiger partial charge in [-0.3, -0.25) is 19.7 Å². The summed E-state index contributed by atoms with van der Waals surface area (Å²) >= 11 is 0. The van der Waals surface area contributed by atoms with Crippen molar-refractivity contribution in [1.29, 1.82) is 0 Å². The number of benzene rings is 2. The highest BCUT2D eigenvalue weighted by atomic mass is 16.6. The van der Waals surface area contributed by atoms with Crippen molar-refractivity contribution in [1.82, 2.24) is 4.57 Å². The highest BCUT2D eigenvalue weighted by Crippen LogP contribution is 2.49. The van der Waals surface area contributed by atoms with E-state index in [-0.39, 0.29) is 17.3 Å². The van der Waals surface area contributed by atoms with Crippen LogP contribution in [0.4, 0.5) is 5.69 Å². The number of hydrogen-bond acceptors (Lipinski definition) is 5. The average molecular weight is 469 g/mol. The molecule has 7 heteroatoms. The van der Waals surface area contributed by atoms with E-state index in [1.165, 1.54) is 12.1 Å². The fourth-order valence-corrected chi connectivity index (χ4v) is 5.68. The Morgan fingerprint density at radius 3 is 2.14 bits per heavy atom. The van der Waals surface area contributed by atoms with E-state index in [1.54, 1.807) is 12.1 Å². The Morgan fingerprint density at radius 1 is 0.886 bits per heavy atom. The molecular weight excluding hydrogens is 444 g/mol. The van der Waals surface area contributed by atoms with Crippen molar-refractivity contribution in [3.63, 3.8) is 0 Å². The number of ether oxygens (including phenoxy) is 1. The number of nitrogens with zero attached hydrogens (tertiary/aromatic N) is 2. The zero-order valence-corrected chi connectivity index (χ0v) is 19.2. The number of nitro groups is 1. The Balaban J connectivity index is 1.50. The van der Waals surface area contributed by atoms with E-state index in [9.17, 15) is 19.7 Å². The van der Waals surface area contributed by atoms with Crippen LogP contribution < -0.4 is 0 Å². The van der Waals surface area contributed by atoms with Crippen LogP contribution in [0.2, 0.25) is 0 Å². The van der Waals surface area contributed by atoms with E-state index >= 15 is 0 Å². The molecule has 0 N–H and O–H groups in total. The Bertz CT molecular complexity index is 1420. The molecule has 2 aromatic carbocycles. The first kappa shape index (κ1) is 21.5. The Morgan fingerprint density at radius 2 is 1.51 bits per heavy atom. The summed E-state index contributed by atoms with van der Waals surface area (Å²) in [5.41, 5.74) is 4.20. The van der Waals surface area contributed by atoms with E-state index < -0.39 is 10.8 Å². The van der Waals surface area contributed by atoms with Crippen LogP contribution in [0.3, 0.4) is 0 Å². The van der Waals surface area contributed by atoms with Gasteiger partial charge in [0, 0.05) is 78.5 Å². The van der Waals surface area contributed by atoms with Crippen LogP contribution >= 0.6 is 0 Å². The van der Waals surface area contributed by atoms with Crippen LogP contribution in [-0.4, -0.2) is 21.1 Å². The summed E-state index contributed by atoms with van der Waals surface area (Å²) in [6.07, 6.45) is 5.94. The van der Waals surface area contributed by atoms with Gasteiger partial charge >= 0.3 is 0 Å². The molecule has 2 heterocycles. The van der Waals surface area contributed by atoms with E-state index in [4.69, 9.17) is 4.74 Å². The smallest absolute Gasteiger partial charge is 0.269 e. The minimum Gasteiger partial charge on any atom is -0.465 e. The molecule has 2 aliphatic carbocycles. The Hall–Kier alpha value is -4.00. The van der Waals surface area contributed by atoms with Crippen molar-refractivity contribution in [3.8, 4) is 0 Å². The SMILES string of the molecule is O=C1CCCC2=C1C(c1cn(Cc3ccc([N+](=O)[O-])cc3)c3ccccc13)C1=C(CCCC1=O)O2. The van der Waals surface area contributed by atoms with Crippen LogP contribution in [0, 0.1) is 10.1 Å². The maximum absolute atomic E-state index is 13.2. The van der Waals surface area contributed by atoms with Crippen LogP contribution in [0.25, 0.3) is 10.9 Å². The lowest BCUT2D eigenvalue weighted by atomic mass is 9.73. The zero-order valence-electron chi connectivity index (χ0n) is 19.2. The first-order valence-corrected chi connectivity index (χ1v) is 12.0. The van der Waals surface area contributed by atoms with Gasteiger partial charge in [0.15, 0.2) is 11.6 Å². The number of aromatic nitrogens is 1. The monoisotopic (exact) mass is 468 g/mol. The van der Waals surface area contributed by atoms with E-state index in [2.05, 4.69) is 4.57 Å². The molecule has 176 valence electrons. The summed E-state index contributed by atoms with van der Waals surface area (Å²) in [5.74, 6) is 1.16. The summed E-state index contributed by atoms with van der Waals surface area (Å²) in [6, 6.07) is 14.5. The van der Waals surface area contributed by atoms with E-state index in [0.717, 1.165) is 46.4 Å².